The second-order valence-corrected chi connectivity index (χ2v) is 8.41. The van der Waals surface area contributed by atoms with Gasteiger partial charge in [0.25, 0.3) is 10.0 Å². The number of ether oxygens (including phenoxy) is 4. The van der Waals surface area contributed by atoms with Crippen molar-refractivity contribution in [3.05, 3.63) is 47.0 Å². The molecule has 1 atom stereocenters. The van der Waals surface area contributed by atoms with Crippen molar-refractivity contribution >= 4 is 33.3 Å². The molecule has 2 aromatic rings. The lowest BCUT2D eigenvalue weighted by molar-refractivity contribution is -0.154. The molecule has 2 aromatic carbocycles. The van der Waals surface area contributed by atoms with Gasteiger partial charge in [-0.15, -0.1) is 0 Å². The number of rotatable bonds is 9. The fraction of sp³-hybridized carbons (Fsp3) is 0.318. The van der Waals surface area contributed by atoms with Gasteiger partial charge in [-0.3, -0.25) is 4.72 Å². The SMILES string of the molecule is CCOC(=O)C(C)OCC#Cc1cc(Cl)ccc1NS(=O)(=O)c1cc(OC)ccc1OC. The molecule has 2 rings (SSSR count). The molecule has 8 nitrogen and oxygen atoms in total. The maximum absolute atomic E-state index is 13.0. The fourth-order valence-corrected chi connectivity index (χ4v) is 3.97. The van der Waals surface area contributed by atoms with Crippen LogP contribution in [0, 0.1) is 11.8 Å². The Labute approximate surface area is 192 Å². The summed E-state index contributed by atoms with van der Waals surface area (Å²) in [5.41, 5.74) is 0.542. The molecule has 32 heavy (non-hydrogen) atoms. The number of methoxy groups -OCH3 is 2. The van der Waals surface area contributed by atoms with Crippen molar-refractivity contribution in [2.45, 2.75) is 24.8 Å². The third kappa shape index (κ3) is 6.79. The summed E-state index contributed by atoms with van der Waals surface area (Å²) in [6.45, 7) is 3.44. The van der Waals surface area contributed by atoms with Gasteiger partial charge in [0, 0.05) is 11.1 Å². The van der Waals surface area contributed by atoms with Gasteiger partial charge in [0.05, 0.1) is 32.1 Å². The maximum atomic E-state index is 13.0. The number of benzene rings is 2. The predicted octanol–water partition coefficient (Wildman–Crippen LogP) is 3.48. The Hall–Kier alpha value is -2.93. The molecule has 0 saturated carbocycles. The first-order valence-electron chi connectivity index (χ1n) is 9.53. The van der Waals surface area contributed by atoms with Crippen LogP contribution in [0.2, 0.25) is 5.02 Å². The minimum absolute atomic E-state index is 0.0671. The molecule has 1 unspecified atom stereocenters. The Kier molecular flexibility index (Phi) is 9.20. The van der Waals surface area contributed by atoms with E-state index in [2.05, 4.69) is 16.6 Å². The lowest BCUT2D eigenvalue weighted by atomic mass is 10.2. The number of hydrogen-bond acceptors (Lipinski definition) is 7. The first-order chi connectivity index (χ1) is 15.2. The molecule has 0 amide bonds. The third-order valence-corrected chi connectivity index (χ3v) is 5.76. The minimum Gasteiger partial charge on any atom is -0.497 e. The number of nitrogens with one attached hydrogen (secondary N) is 1. The van der Waals surface area contributed by atoms with E-state index in [-0.39, 0.29) is 29.5 Å². The molecule has 0 aromatic heterocycles. The Morgan fingerprint density at radius 3 is 2.56 bits per heavy atom. The van der Waals surface area contributed by atoms with Crippen LogP contribution in [0.4, 0.5) is 5.69 Å². The van der Waals surface area contributed by atoms with Crippen molar-refractivity contribution in [3.8, 4) is 23.3 Å². The number of carbonyl (C=O) groups is 1. The van der Waals surface area contributed by atoms with Crippen LogP contribution >= 0.6 is 11.6 Å². The molecule has 0 bridgehead atoms. The van der Waals surface area contributed by atoms with Gasteiger partial charge in [-0.05, 0) is 44.2 Å². The van der Waals surface area contributed by atoms with E-state index in [1.54, 1.807) is 19.9 Å². The first kappa shape index (κ1) is 25.3. The van der Waals surface area contributed by atoms with Crippen molar-refractivity contribution < 1.29 is 32.2 Å². The van der Waals surface area contributed by atoms with Crippen LogP contribution < -0.4 is 14.2 Å². The monoisotopic (exact) mass is 481 g/mol. The summed E-state index contributed by atoms with van der Waals surface area (Å²) in [4.78, 5) is 11.5. The Balaban J connectivity index is 2.27. The number of sulfonamides is 1. The highest BCUT2D eigenvalue weighted by atomic mass is 35.5. The molecule has 0 spiro atoms. The standard InChI is InChI=1S/C22H24ClNO7S/c1-5-30-22(25)15(2)31-12-6-7-16-13-17(23)8-10-19(16)24-32(26,27)21-14-18(28-3)9-11-20(21)29-4/h8-11,13-15,24H,5,12H2,1-4H3. The van der Waals surface area contributed by atoms with E-state index in [0.717, 1.165) is 0 Å². The molecule has 0 radical (unpaired) electrons. The Morgan fingerprint density at radius 2 is 1.91 bits per heavy atom. The van der Waals surface area contributed by atoms with Crippen molar-refractivity contribution in [1.29, 1.82) is 0 Å². The molecule has 172 valence electrons. The van der Waals surface area contributed by atoms with Gasteiger partial charge in [0.1, 0.15) is 23.0 Å². The number of hydrogen-bond donors (Lipinski definition) is 1. The topological polar surface area (TPSA) is 100 Å². The first-order valence-corrected chi connectivity index (χ1v) is 11.4. The largest absolute Gasteiger partial charge is 0.497 e. The van der Waals surface area contributed by atoms with E-state index >= 15 is 0 Å². The summed E-state index contributed by atoms with van der Waals surface area (Å²) in [6, 6.07) is 8.99. The third-order valence-electron chi connectivity index (χ3n) is 4.13. The van der Waals surface area contributed by atoms with Gasteiger partial charge >= 0.3 is 5.97 Å². The Morgan fingerprint density at radius 1 is 1.16 bits per heavy atom. The molecule has 0 heterocycles. The van der Waals surface area contributed by atoms with Crippen LogP contribution in [0.5, 0.6) is 11.5 Å². The number of anilines is 1. The lowest BCUT2D eigenvalue weighted by Gasteiger charge is -2.14. The van der Waals surface area contributed by atoms with Crippen LogP contribution in [0.1, 0.15) is 19.4 Å². The van der Waals surface area contributed by atoms with Gasteiger partial charge in [0.2, 0.25) is 0 Å². The van der Waals surface area contributed by atoms with E-state index in [1.807, 2.05) is 0 Å². The van der Waals surface area contributed by atoms with E-state index < -0.39 is 22.1 Å². The fourth-order valence-electron chi connectivity index (χ4n) is 2.53. The van der Waals surface area contributed by atoms with Gasteiger partial charge in [0.15, 0.2) is 6.10 Å². The van der Waals surface area contributed by atoms with Crippen molar-refractivity contribution in [3.63, 3.8) is 0 Å². The normalized spacial score (nSPS) is 11.7. The van der Waals surface area contributed by atoms with E-state index in [1.165, 1.54) is 44.6 Å². The lowest BCUT2D eigenvalue weighted by Crippen LogP contribution is -2.23. The molecular formula is C22H24ClNO7S. The molecule has 1 N–H and O–H groups in total. The zero-order valence-corrected chi connectivity index (χ0v) is 19.7. The second-order valence-electron chi connectivity index (χ2n) is 6.32. The van der Waals surface area contributed by atoms with Crippen LogP contribution in [0.25, 0.3) is 0 Å². The zero-order chi connectivity index (χ0) is 23.7. The van der Waals surface area contributed by atoms with Crippen LogP contribution in [-0.4, -0.2) is 47.9 Å². The molecule has 0 saturated heterocycles. The van der Waals surface area contributed by atoms with E-state index in [4.69, 9.17) is 30.5 Å². The van der Waals surface area contributed by atoms with E-state index in [0.29, 0.717) is 16.3 Å². The average Bonchev–Trinajstić information content (AvgIpc) is 2.77. The van der Waals surface area contributed by atoms with Crippen molar-refractivity contribution in [2.75, 3.05) is 32.2 Å². The smallest absolute Gasteiger partial charge is 0.334 e. The van der Waals surface area contributed by atoms with Crippen molar-refractivity contribution in [2.24, 2.45) is 0 Å². The molecule has 0 aliphatic rings. The second kappa shape index (κ2) is 11.6. The summed E-state index contributed by atoms with van der Waals surface area (Å²) >= 11 is 6.06. The molecule has 10 heteroatoms. The van der Waals surface area contributed by atoms with Crippen LogP contribution in [-0.2, 0) is 24.3 Å². The minimum atomic E-state index is -4.04. The highest BCUT2D eigenvalue weighted by Crippen LogP contribution is 2.31. The van der Waals surface area contributed by atoms with Crippen molar-refractivity contribution in [1.82, 2.24) is 0 Å². The highest BCUT2D eigenvalue weighted by molar-refractivity contribution is 7.92. The number of carbonyl (C=O) groups excluding carboxylic acids is 1. The summed E-state index contributed by atoms with van der Waals surface area (Å²) in [5, 5.41) is 0.372. The van der Waals surface area contributed by atoms with Gasteiger partial charge in [-0.1, -0.05) is 23.4 Å². The number of esters is 1. The molecular weight excluding hydrogens is 458 g/mol. The molecule has 0 fully saturated rings. The van der Waals surface area contributed by atoms with Gasteiger partial charge in [-0.25, -0.2) is 13.2 Å². The maximum Gasteiger partial charge on any atom is 0.334 e. The summed E-state index contributed by atoms with van der Waals surface area (Å²) < 4.78 is 49.1. The average molecular weight is 482 g/mol. The van der Waals surface area contributed by atoms with E-state index in [9.17, 15) is 13.2 Å². The summed E-state index contributed by atoms with van der Waals surface area (Å²) in [7, 11) is -1.24. The Bertz CT molecular complexity index is 1120. The van der Waals surface area contributed by atoms with Crippen LogP contribution in [0.3, 0.4) is 0 Å². The predicted molar refractivity (Wildman–Crippen MR) is 121 cm³/mol. The molecule has 0 aliphatic carbocycles. The van der Waals surface area contributed by atoms with Crippen LogP contribution in [0.15, 0.2) is 41.3 Å². The zero-order valence-electron chi connectivity index (χ0n) is 18.1. The molecule has 0 aliphatic heterocycles. The summed E-state index contributed by atoms with van der Waals surface area (Å²) in [5.74, 6) is 5.58. The summed E-state index contributed by atoms with van der Waals surface area (Å²) in [6.07, 6.45) is -0.776. The van der Waals surface area contributed by atoms with Gasteiger partial charge in [-0.2, -0.15) is 0 Å². The van der Waals surface area contributed by atoms with Gasteiger partial charge < -0.3 is 18.9 Å². The number of halogens is 1. The quantitative estimate of drug-likeness (QED) is 0.432. The highest BCUT2D eigenvalue weighted by Gasteiger charge is 2.22.